The van der Waals surface area contributed by atoms with Crippen molar-refractivity contribution < 1.29 is 0 Å². The smallest absolute Gasteiger partial charge is 0.164 e. The second-order valence-corrected chi connectivity index (χ2v) is 16.0. The van der Waals surface area contributed by atoms with E-state index in [1.807, 2.05) is 0 Å². The summed E-state index contributed by atoms with van der Waals surface area (Å²) in [5.41, 5.74) is 17.8. The molecule has 1 atom stereocenters. The lowest BCUT2D eigenvalue weighted by Crippen LogP contribution is -2.28. The molecule has 0 saturated heterocycles. The van der Waals surface area contributed by atoms with Crippen LogP contribution in [0.4, 0.5) is 0 Å². The van der Waals surface area contributed by atoms with Gasteiger partial charge in [-0.2, -0.15) is 0 Å². The first-order valence-electron chi connectivity index (χ1n) is 20.3. The molecule has 0 N–H and O–H groups in total. The topological polar surface area (TPSA) is 38.7 Å². The van der Waals surface area contributed by atoms with E-state index in [0.29, 0.717) is 11.6 Å². The van der Waals surface area contributed by atoms with E-state index in [0.717, 1.165) is 28.9 Å². The van der Waals surface area contributed by atoms with Crippen LogP contribution in [0.3, 0.4) is 0 Å². The highest BCUT2D eigenvalue weighted by molar-refractivity contribution is 5.93. The molecule has 1 saturated carbocycles. The Labute approximate surface area is 330 Å². The van der Waals surface area contributed by atoms with Crippen molar-refractivity contribution in [3.05, 3.63) is 191 Å². The van der Waals surface area contributed by atoms with Crippen LogP contribution in [0.5, 0.6) is 0 Å². The third-order valence-corrected chi connectivity index (χ3v) is 12.4. The number of rotatable bonds is 6. The zero-order valence-electron chi connectivity index (χ0n) is 32.2. The van der Waals surface area contributed by atoms with Crippen LogP contribution in [-0.2, 0) is 5.41 Å². The van der Waals surface area contributed by atoms with E-state index in [1.165, 1.54) is 93.3 Å². The van der Waals surface area contributed by atoms with E-state index in [2.05, 4.69) is 172 Å². The van der Waals surface area contributed by atoms with Gasteiger partial charge in [0.1, 0.15) is 5.82 Å². The van der Waals surface area contributed by atoms with E-state index in [9.17, 15) is 0 Å². The molecule has 1 spiro atoms. The van der Waals surface area contributed by atoms with Gasteiger partial charge in [-0.1, -0.05) is 177 Å². The van der Waals surface area contributed by atoms with Gasteiger partial charge in [-0.3, -0.25) is 0 Å². The van der Waals surface area contributed by atoms with Gasteiger partial charge in [-0.05, 0) is 100 Å². The monoisotopic (exact) mass is 723 g/mol. The Morgan fingerprint density at radius 1 is 0.518 bits per heavy atom. The predicted molar refractivity (Wildman–Crippen MR) is 231 cm³/mol. The number of hydrogen-bond donors (Lipinski definition) is 0. The van der Waals surface area contributed by atoms with Crippen LogP contribution in [0, 0.1) is 13.8 Å². The van der Waals surface area contributed by atoms with E-state index < -0.39 is 0 Å². The third kappa shape index (κ3) is 6.03. The molecule has 7 aromatic rings. The first kappa shape index (κ1) is 34.3. The third-order valence-electron chi connectivity index (χ3n) is 12.4. The van der Waals surface area contributed by atoms with E-state index in [1.54, 1.807) is 0 Å². The molecule has 3 aliphatic rings. The minimum Gasteiger partial charge on any atom is -0.212 e. The van der Waals surface area contributed by atoms with Crippen molar-refractivity contribution >= 4 is 5.57 Å². The molecule has 3 nitrogen and oxygen atoms in total. The highest BCUT2D eigenvalue weighted by Crippen LogP contribution is 2.58. The summed E-state index contributed by atoms with van der Waals surface area (Å²) in [5.74, 6) is 2.25. The van der Waals surface area contributed by atoms with Crippen molar-refractivity contribution in [3.63, 3.8) is 0 Å². The first-order valence-corrected chi connectivity index (χ1v) is 20.3. The summed E-state index contributed by atoms with van der Waals surface area (Å²) < 4.78 is 0. The van der Waals surface area contributed by atoms with Crippen molar-refractivity contribution in [2.24, 2.45) is 0 Å². The molecule has 56 heavy (non-hydrogen) atoms. The summed E-state index contributed by atoms with van der Waals surface area (Å²) in [6.45, 7) is 4.39. The van der Waals surface area contributed by atoms with Gasteiger partial charge >= 0.3 is 0 Å². The molecule has 3 aliphatic carbocycles. The minimum absolute atomic E-state index is 0.0406. The number of benzene rings is 6. The first-order chi connectivity index (χ1) is 27.5. The SMILES string of the molecule is Cc1ccc2c(c1)-c1c(-c3cccc(-c4nc(-c5ccc(-c6ccccc6)cc5C)nc(C5C=CC(c6ccccc6)=CC5)n4)c3)cccc1C21CCCCC1. The number of aromatic nitrogens is 3. The maximum atomic E-state index is 5.27. The number of hydrogen-bond acceptors (Lipinski definition) is 3. The maximum absolute atomic E-state index is 5.27. The van der Waals surface area contributed by atoms with E-state index in [-0.39, 0.29) is 11.3 Å². The largest absolute Gasteiger partial charge is 0.212 e. The molecule has 272 valence electrons. The molecule has 6 aromatic carbocycles. The zero-order chi connectivity index (χ0) is 37.6. The molecule has 1 unspecified atom stereocenters. The summed E-state index contributed by atoms with van der Waals surface area (Å²) in [7, 11) is 0. The van der Waals surface area contributed by atoms with Crippen LogP contribution >= 0.6 is 0 Å². The number of fused-ring (bicyclic) bond motifs is 5. The van der Waals surface area contributed by atoms with Crippen molar-refractivity contribution in [3.8, 4) is 56.2 Å². The molecular formula is C53H45N3. The summed E-state index contributed by atoms with van der Waals surface area (Å²) >= 11 is 0. The minimum atomic E-state index is 0.0406. The quantitative estimate of drug-likeness (QED) is 0.171. The highest BCUT2D eigenvalue weighted by atomic mass is 15.0. The average Bonchev–Trinajstić information content (AvgIpc) is 3.52. The Morgan fingerprint density at radius 3 is 2.02 bits per heavy atom. The number of aryl methyl sites for hydroxylation is 2. The fourth-order valence-corrected chi connectivity index (χ4v) is 9.62. The average molecular weight is 724 g/mol. The number of nitrogens with zero attached hydrogens (tertiary/aromatic N) is 3. The van der Waals surface area contributed by atoms with Crippen molar-refractivity contribution in [1.29, 1.82) is 0 Å². The Balaban J connectivity index is 1.08. The maximum Gasteiger partial charge on any atom is 0.164 e. The summed E-state index contributed by atoms with van der Waals surface area (Å²) in [6.07, 6.45) is 14.0. The van der Waals surface area contributed by atoms with Crippen LogP contribution in [-0.4, -0.2) is 15.0 Å². The Hall–Kier alpha value is -6.19. The molecule has 0 bridgehead atoms. The van der Waals surface area contributed by atoms with Gasteiger partial charge in [0.25, 0.3) is 0 Å². The Morgan fingerprint density at radius 2 is 1.25 bits per heavy atom. The van der Waals surface area contributed by atoms with E-state index in [4.69, 9.17) is 15.0 Å². The van der Waals surface area contributed by atoms with Gasteiger partial charge in [-0.15, -0.1) is 0 Å². The molecule has 3 heteroatoms. The molecule has 0 amide bonds. The van der Waals surface area contributed by atoms with Crippen molar-refractivity contribution in [1.82, 2.24) is 15.0 Å². The second-order valence-electron chi connectivity index (χ2n) is 16.0. The van der Waals surface area contributed by atoms with Crippen LogP contribution < -0.4 is 0 Å². The summed E-state index contributed by atoms with van der Waals surface area (Å²) in [4.78, 5) is 15.7. The van der Waals surface area contributed by atoms with Gasteiger partial charge in [-0.25, -0.2) is 15.0 Å². The van der Waals surface area contributed by atoms with Crippen molar-refractivity contribution in [2.45, 2.75) is 63.7 Å². The predicted octanol–water partition coefficient (Wildman–Crippen LogP) is 13.5. The van der Waals surface area contributed by atoms with Gasteiger partial charge < -0.3 is 0 Å². The Bertz CT molecular complexity index is 2660. The standard InChI is InChI=1S/C53H45N3/c1-35-22-29-47-46(32-35)49-45(20-13-21-48(49)53(47)30-10-5-11-31-53)42-18-12-19-43(34-42)51-54-50(40-25-23-39(24-26-40)37-14-6-3-7-15-37)55-52(56-51)44-28-27-41(33-36(44)2)38-16-8-4-9-17-38/h3-4,6-9,12-25,27-29,32-34,40H,5,10-11,26,30-31H2,1-2H3. The van der Waals surface area contributed by atoms with Crippen molar-refractivity contribution in [2.75, 3.05) is 0 Å². The molecule has 0 aliphatic heterocycles. The number of allylic oxidation sites excluding steroid dienone is 4. The van der Waals surface area contributed by atoms with Gasteiger partial charge in [0.05, 0.1) is 0 Å². The van der Waals surface area contributed by atoms with Gasteiger partial charge in [0.15, 0.2) is 11.6 Å². The molecule has 1 heterocycles. The summed E-state index contributed by atoms with van der Waals surface area (Å²) in [5, 5.41) is 0. The molecule has 0 radical (unpaired) electrons. The second kappa shape index (κ2) is 14.1. The van der Waals surface area contributed by atoms with Gasteiger partial charge in [0.2, 0.25) is 0 Å². The molecule has 1 fully saturated rings. The Kier molecular flexibility index (Phi) is 8.67. The molecule has 10 rings (SSSR count). The van der Waals surface area contributed by atoms with Crippen LogP contribution in [0.2, 0.25) is 0 Å². The lowest BCUT2D eigenvalue weighted by atomic mass is 9.67. The molecular weight excluding hydrogens is 679 g/mol. The van der Waals surface area contributed by atoms with Crippen LogP contribution in [0.25, 0.3) is 61.7 Å². The fourth-order valence-electron chi connectivity index (χ4n) is 9.62. The van der Waals surface area contributed by atoms with E-state index >= 15 is 0 Å². The van der Waals surface area contributed by atoms with Crippen LogP contribution in [0.15, 0.2) is 158 Å². The van der Waals surface area contributed by atoms with Gasteiger partial charge in [0, 0.05) is 22.5 Å². The molecule has 1 aromatic heterocycles. The summed E-state index contributed by atoms with van der Waals surface area (Å²) in [6, 6.07) is 50.8. The lowest BCUT2D eigenvalue weighted by Gasteiger charge is -2.36. The zero-order valence-corrected chi connectivity index (χ0v) is 32.2. The van der Waals surface area contributed by atoms with Crippen LogP contribution in [0.1, 0.15) is 78.1 Å². The normalized spacial score (nSPS) is 16.7. The fraction of sp³-hybridized carbons (Fsp3) is 0.189. The lowest BCUT2D eigenvalue weighted by molar-refractivity contribution is 0.353. The highest BCUT2D eigenvalue weighted by Gasteiger charge is 2.44.